The van der Waals surface area contributed by atoms with E-state index in [9.17, 15) is 4.79 Å². The van der Waals surface area contributed by atoms with Crippen LogP contribution < -0.4 is 5.56 Å². The molecule has 0 aliphatic carbocycles. The molecule has 3 rings (SSSR count). The first-order chi connectivity index (χ1) is 9.24. The van der Waals surface area contributed by atoms with E-state index < -0.39 is 0 Å². The van der Waals surface area contributed by atoms with Gasteiger partial charge in [-0.25, -0.2) is 4.98 Å². The Labute approximate surface area is 111 Å². The molecule has 0 aliphatic rings. The zero-order chi connectivity index (χ0) is 13.2. The summed E-state index contributed by atoms with van der Waals surface area (Å²) in [7, 11) is 0. The lowest BCUT2D eigenvalue weighted by molar-refractivity contribution is 0.748. The van der Waals surface area contributed by atoms with Crippen LogP contribution in [-0.2, 0) is 6.54 Å². The maximum atomic E-state index is 12.4. The van der Waals surface area contributed by atoms with Gasteiger partial charge in [-0.2, -0.15) is 0 Å². The van der Waals surface area contributed by atoms with Crippen molar-refractivity contribution >= 4 is 10.9 Å². The highest BCUT2D eigenvalue weighted by atomic mass is 16.1. The second kappa shape index (κ2) is 4.69. The van der Waals surface area contributed by atoms with Crippen molar-refractivity contribution in [1.82, 2.24) is 9.55 Å². The highest BCUT2D eigenvalue weighted by molar-refractivity contribution is 5.77. The van der Waals surface area contributed by atoms with Crippen LogP contribution in [0.4, 0.5) is 0 Å². The molecule has 3 aromatic rings. The van der Waals surface area contributed by atoms with Crippen LogP contribution in [0.3, 0.4) is 0 Å². The third-order valence-corrected chi connectivity index (χ3v) is 3.18. The van der Waals surface area contributed by atoms with Crippen molar-refractivity contribution in [2.75, 3.05) is 0 Å². The van der Waals surface area contributed by atoms with Gasteiger partial charge in [0.1, 0.15) is 0 Å². The highest BCUT2D eigenvalue weighted by Gasteiger charge is 2.04. The highest BCUT2D eigenvalue weighted by Crippen LogP contribution is 2.09. The van der Waals surface area contributed by atoms with Crippen molar-refractivity contribution in [2.24, 2.45) is 0 Å². The molecule has 0 N–H and O–H groups in total. The predicted molar refractivity (Wildman–Crippen MR) is 76.3 cm³/mol. The summed E-state index contributed by atoms with van der Waals surface area (Å²) in [5.74, 6) is 0. The summed E-state index contributed by atoms with van der Waals surface area (Å²) in [6.45, 7) is 2.53. The molecule has 0 fully saturated rings. The average molecular weight is 250 g/mol. The number of rotatable bonds is 2. The second-order valence-electron chi connectivity index (χ2n) is 4.68. The Hall–Kier alpha value is -2.42. The topological polar surface area (TPSA) is 34.9 Å². The number of nitrogens with zero attached hydrogens (tertiary/aromatic N) is 2. The number of aryl methyl sites for hydroxylation is 1. The van der Waals surface area contributed by atoms with E-state index in [0.717, 1.165) is 16.6 Å². The van der Waals surface area contributed by atoms with Gasteiger partial charge >= 0.3 is 0 Å². The van der Waals surface area contributed by atoms with E-state index in [-0.39, 0.29) is 5.56 Å². The summed E-state index contributed by atoms with van der Waals surface area (Å²) in [5.41, 5.74) is 2.93. The minimum Gasteiger partial charge on any atom is -0.294 e. The third kappa shape index (κ3) is 2.27. The predicted octanol–water partition coefficient (Wildman–Crippen LogP) is 2.75. The molecule has 0 aliphatic heterocycles. The first-order valence-corrected chi connectivity index (χ1v) is 6.24. The van der Waals surface area contributed by atoms with Crippen molar-refractivity contribution in [3.05, 3.63) is 76.3 Å². The molecule has 1 heterocycles. The van der Waals surface area contributed by atoms with Crippen molar-refractivity contribution in [3.63, 3.8) is 0 Å². The summed E-state index contributed by atoms with van der Waals surface area (Å²) in [5, 5.41) is 0.679. The van der Waals surface area contributed by atoms with Gasteiger partial charge in [-0.05, 0) is 24.6 Å². The summed E-state index contributed by atoms with van der Waals surface area (Å²) >= 11 is 0. The molecule has 0 unspecified atom stereocenters. The van der Waals surface area contributed by atoms with Crippen LogP contribution >= 0.6 is 0 Å². The molecule has 94 valence electrons. The third-order valence-electron chi connectivity index (χ3n) is 3.18. The van der Waals surface area contributed by atoms with Crippen molar-refractivity contribution in [3.8, 4) is 0 Å². The minimum atomic E-state index is 0.0116. The first kappa shape index (κ1) is 11.7. The van der Waals surface area contributed by atoms with Gasteiger partial charge in [-0.15, -0.1) is 0 Å². The zero-order valence-corrected chi connectivity index (χ0v) is 10.7. The van der Waals surface area contributed by atoms with Gasteiger partial charge in [0, 0.05) is 0 Å². The normalized spacial score (nSPS) is 10.8. The lowest BCUT2D eigenvalue weighted by atomic mass is 10.1. The maximum Gasteiger partial charge on any atom is 0.261 e. The van der Waals surface area contributed by atoms with E-state index in [4.69, 9.17) is 0 Å². The summed E-state index contributed by atoms with van der Waals surface area (Å²) in [6.07, 6.45) is 1.62. The van der Waals surface area contributed by atoms with Crippen LogP contribution in [0.15, 0.2) is 59.7 Å². The maximum absolute atomic E-state index is 12.4. The fourth-order valence-electron chi connectivity index (χ4n) is 2.17. The van der Waals surface area contributed by atoms with E-state index in [1.54, 1.807) is 10.9 Å². The smallest absolute Gasteiger partial charge is 0.261 e. The average Bonchev–Trinajstić information content (AvgIpc) is 2.44. The van der Waals surface area contributed by atoms with Crippen LogP contribution in [0.25, 0.3) is 10.9 Å². The minimum absolute atomic E-state index is 0.0116. The van der Waals surface area contributed by atoms with Gasteiger partial charge in [-0.3, -0.25) is 9.36 Å². The van der Waals surface area contributed by atoms with Crippen molar-refractivity contribution in [1.29, 1.82) is 0 Å². The Kier molecular flexibility index (Phi) is 2.88. The number of hydrogen-bond donors (Lipinski definition) is 0. The number of benzene rings is 2. The molecular weight excluding hydrogens is 236 g/mol. The van der Waals surface area contributed by atoms with Gasteiger partial charge in [-0.1, -0.05) is 42.0 Å². The van der Waals surface area contributed by atoms with Gasteiger partial charge in [0.25, 0.3) is 5.56 Å². The van der Waals surface area contributed by atoms with Gasteiger partial charge in [0.05, 0.1) is 23.8 Å². The molecule has 2 aromatic carbocycles. The molecule has 0 atom stereocenters. The van der Waals surface area contributed by atoms with Gasteiger partial charge in [0.2, 0.25) is 0 Å². The molecular formula is C16H14N2O. The van der Waals surface area contributed by atoms with Crippen LogP contribution in [0.5, 0.6) is 0 Å². The lowest BCUT2D eigenvalue weighted by Crippen LogP contribution is -2.21. The van der Waals surface area contributed by atoms with E-state index in [0.29, 0.717) is 11.9 Å². The Balaban J connectivity index is 2.10. The Morgan fingerprint density at radius 3 is 2.68 bits per heavy atom. The molecule has 0 saturated heterocycles. The van der Waals surface area contributed by atoms with E-state index in [2.05, 4.69) is 4.98 Å². The quantitative estimate of drug-likeness (QED) is 0.701. The van der Waals surface area contributed by atoms with E-state index in [1.807, 2.05) is 55.5 Å². The molecule has 1 aromatic heterocycles. The lowest BCUT2D eigenvalue weighted by Gasteiger charge is -2.07. The number of aromatic nitrogens is 2. The van der Waals surface area contributed by atoms with Gasteiger partial charge < -0.3 is 0 Å². The Morgan fingerprint density at radius 2 is 1.89 bits per heavy atom. The van der Waals surface area contributed by atoms with Crippen molar-refractivity contribution < 1.29 is 0 Å². The zero-order valence-electron chi connectivity index (χ0n) is 10.7. The monoisotopic (exact) mass is 250 g/mol. The Bertz CT molecular complexity index is 776. The molecule has 0 saturated carbocycles. The molecule has 19 heavy (non-hydrogen) atoms. The Morgan fingerprint density at radius 1 is 1.11 bits per heavy atom. The SMILES string of the molecule is Cc1ccc2ncn(Cc3ccccc3)c(=O)c2c1. The van der Waals surface area contributed by atoms with Gasteiger partial charge in [0.15, 0.2) is 0 Å². The van der Waals surface area contributed by atoms with E-state index >= 15 is 0 Å². The number of fused-ring (bicyclic) bond motifs is 1. The van der Waals surface area contributed by atoms with E-state index in [1.165, 1.54) is 0 Å². The molecule has 0 spiro atoms. The fourth-order valence-corrected chi connectivity index (χ4v) is 2.17. The number of hydrogen-bond acceptors (Lipinski definition) is 2. The molecule has 3 heteroatoms. The molecule has 3 nitrogen and oxygen atoms in total. The van der Waals surface area contributed by atoms with Crippen LogP contribution in [0.2, 0.25) is 0 Å². The summed E-state index contributed by atoms with van der Waals surface area (Å²) in [6, 6.07) is 15.7. The molecule has 0 amide bonds. The first-order valence-electron chi connectivity index (χ1n) is 6.24. The van der Waals surface area contributed by atoms with Crippen LogP contribution in [0, 0.1) is 6.92 Å². The fraction of sp³-hybridized carbons (Fsp3) is 0.125. The molecule has 0 radical (unpaired) electrons. The summed E-state index contributed by atoms with van der Waals surface area (Å²) in [4.78, 5) is 16.8. The standard InChI is InChI=1S/C16H14N2O/c1-12-7-8-15-14(9-12)16(19)18(11-17-15)10-13-5-3-2-4-6-13/h2-9,11H,10H2,1H3. The summed E-state index contributed by atoms with van der Waals surface area (Å²) < 4.78 is 1.65. The van der Waals surface area contributed by atoms with Crippen LogP contribution in [-0.4, -0.2) is 9.55 Å². The second-order valence-corrected chi connectivity index (χ2v) is 4.68. The van der Waals surface area contributed by atoms with Crippen LogP contribution in [0.1, 0.15) is 11.1 Å². The molecule has 0 bridgehead atoms. The van der Waals surface area contributed by atoms with Crippen molar-refractivity contribution in [2.45, 2.75) is 13.5 Å². The largest absolute Gasteiger partial charge is 0.294 e.